The Balaban J connectivity index is 1.42. The molecule has 47 heavy (non-hydrogen) atoms. The van der Waals surface area contributed by atoms with E-state index in [0.29, 0.717) is 5.06 Å². The molecule has 0 aromatic carbocycles. The van der Waals surface area contributed by atoms with E-state index in [1.165, 1.54) is 11.4 Å². The topological polar surface area (TPSA) is 330 Å². The van der Waals surface area contributed by atoms with Gasteiger partial charge in [0.1, 0.15) is 29.3 Å². The van der Waals surface area contributed by atoms with Gasteiger partial charge in [-0.15, -0.1) is 11.3 Å². The van der Waals surface area contributed by atoms with Gasteiger partial charge in [0.2, 0.25) is 5.60 Å². The van der Waals surface area contributed by atoms with Crippen molar-refractivity contribution in [2.24, 2.45) is 5.16 Å². The molecule has 0 radical (unpaired) electrons. The Morgan fingerprint density at radius 3 is 2.62 bits per heavy atom. The third kappa shape index (κ3) is 7.75. The zero-order valence-electron chi connectivity index (χ0n) is 24.0. The molecular formula is C23H26N8O14S2. The molecule has 2 aromatic heterocycles. The summed E-state index contributed by atoms with van der Waals surface area (Å²) in [7, 11) is -5.16. The summed E-state index contributed by atoms with van der Waals surface area (Å²) in [5, 5.41) is 51.8. The molecule has 0 spiro atoms. The molecule has 1 unspecified atom stereocenters. The number of carboxylic acids is 1. The predicted molar refractivity (Wildman–Crippen MR) is 153 cm³/mol. The molecule has 2 aliphatic heterocycles. The number of hydrogen-bond acceptors (Lipinski definition) is 18. The minimum absolute atomic E-state index is 0.00182. The van der Waals surface area contributed by atoms with Crippen LogP contribution in [-0.4, -0.2) is 113 Å². The number of nitrogens with zero attached hydrogens (tertiary/aromatic N) is 5. The summed E-state index contributed by atoms with van der Waals surface area (Å²) in [5.74, 6) is -4.48. The zero-order valence-corrected chi connectivity index (χ0v) is 25.6. The van der Waals surface area contributed by atoms with Gasteiger partial charge < -0.3 is 45.8 Å². The predicted octanol–water partition coefficient (Wildman–Crippen LogP) is -1.47. The number of thiazole rings is 1. The highest BCUT2D eigenvalue weighted by Gasteiger charge is 2.54. The number of β-lactam (4-membered cyclic amide) rings is 1. The molecule has 0 saturated carbocycles. The molecule has 1 saturated heterocycles. The van der Waals surface area contributed by atoms with Crippen molar-refractivity contribution < 1.29 is 66.8 Å². The standard InChI is InChI=1S/C23H26N8O14S2/c1-23(2,20(36)37)45-29-16(11-8-46-21(24)26-11)18(34)27-17-13(31(19(17)35)47(40,41)42)5-25-22(38)43-7-9-3-10(28-44-9)12-4-14(32)15(33)6-30(12)39/h3-4,6,8,13-14,17,32-33,39H,5,7H2,1-2H3,(H2,24,26)(H,25,38)(H,27,34)(H,36,37)(H,40,41,42)/b29-16-/t13-,14?,17+/m1/s1. The summed E-state index contributed by atoms with van der Waals surface area (Å²) in [5.41, 5.74) is 2.84. The van der Waals surface area contributed by atoms with Gasteiger partial charge in [0.25, 0.3) is 11.8 Å². The lowest BCUT2D eigenvalue weighted by atomic mass is 9.98. The quantitative estimate of drug-likeness (QED) is 0.0541. The number of nitrogens with two attached hydrogens (primary N) is 1. The number of aliphatic hydroxyl groups excluding tert-OH is 2. The van der Waals surface area contributed by atoms with Crippen LogP contribution in [0.1, 0.15) is 31.0 Å². The minimum atomic E-state index is -5.16. The van der Waals surface area contributed by atoms with Crippen LogP contribution in [-0.2, 0) is 40.9 Å². The van der Waals surface area contributed by atoms with Crippen LogP contribution in [0, 0.1) is 0 Å². The van der Waals surface area contributed by atoms with Gasteiger partial charge in [-0.05, 0) is 19.9 Å². The number of hydrogen-bond donors (Lipinski definition) is 8. The average molecular weight is 703 g/mol. The fraction of sp³-hybridized carbons (Fsp3) is 0.348. The van der Waals surface area contributed by atoms with Crippen molar-refractivity contribution in [2.75, 3.05) is 12.3 Å². The largest absolute Gasteiger partial charge is 0.508 e. The number of anilines is 1. The molecule has 2 aromatic rings. The van der Waals surface area contributed by atoms with E-state index in [2.05, 4.69) is 25.9 Å². The first kappa shape index (κ1) is 34.6. The number of carbonyl (C=O) groups excluding carboxylic acids is 3. The molecule has 1 fully saturated rings. The van der Waals surface area contributed by atoms with Crippen molar-refractivity contribution in [3.05, 3.63) is 46.6 Å². The van der Waals surface area contributed by atoms with Crippen molar-refractivity contribution >= 4 is 62.1 Å². The average Bonchev–Trinajstić information content (AvgIpc) is 3.62. The van der Waals surface area contributed by atoms with E-state index in [1.54, 1.807) is 0 Å². The summed E-state index contributed by atoms with van der Waals surface area (Å²) in [6, 6.07) is -2.00. The van der Waals surface area contributed by atoms with Gasteiger partial charge in [-0.25, -0.2) is 23.9 Å². The number of nitrogen functional groups attached to an aromatic ring is 1. The number of carboxylic acid groups (broad SMARTS) is 1. The third-order valence-corrected chi connectivity index (χ3v) is 7.93. The number of ether oxygens (including phenoxy) is 1. The molecule has 9 N–H and O–H groups in total. The highest BCUT2D eigenvalue weighted by Crippen LogP contribution is 2.26. The Kier molecular flexibility index (Phi) is 9.71. The number of aromatic nitrogens is 2. The van der Waals surface area contributed by atoms with Gasteiger partial charge in [0, 0.05) is 18.0 Å². The second-order valence-corrected chi connectivity index (χ2v) is 12.3. The Bertz CT molecular complexity index is 1780. The maximum atomic E-state index is 13.1. The van der Waals surface area contributed by atoms with E-state index < -0.39 is 82.6 Å². The van der Waals surface area contributed by atoms with Gasteiger partial charge in [0.15, 0.2) is 23.2 Å². The molecule has 3 atom stereocenters. The number of rotatable bonds is 12. The molecule has 24 heteroatoms. The molecule has 4 rings (SSSR count). The van der Waals surface area contributed by atoms with Crippen molar-refractivity contribution in [1.29, 1.82) is 0 Å². The van der Waals surface area contributed by atoms with Gasteiger partial charge in [-0.3, -0.25) is 19.3 Å². The zero-order chi connectivity index (χ0) is 34.8. The van der Waals surface area contributed by atoms with Crippen LogP contribution < -0.4 is 16.4 Å². The number of nitrogens with one attached hydrogen (secondary N) is 2. The molecule has 2 aliphatic rings. The maximum absolute atomic E-state index is 13.1. The molecule has 0 bridgehead atoms. The van der Waals surface area contributed by atoms with Gasteiger partial charge >= 0.3 is 22.4 Å². The second-order valence-electron chi connectivity index (χ2n) is 10.1. The number of hydroxylamine groups is 2. The van der Waals surface area contributed by atoms with E-state index in [-0.39, 0.29) is 32.3 Å². The van der Waals surface area contributed by atoms with Gasteiger partial charge in [-0.2, -0.15) is 8.42 Å². The van der Waals surface area contributed by atoms with Crippen LogP contribution in [0.25, 0.3) is 5.70 Å². The number of amides is 3. The summed E-state index contributed by atoms with van der Waals surface area (Å²) >= 11 is 0.893. The fourth-order valence-corrected chi connectivity index (χ4v) is 5.26. The van der Waals surface area contributed by atoms with E-state index in [1.807, 2.05) is 0 Å². The Labute approximate surface area is 267 Å². The van der Waals surface area contributed by atoms with Crippen molar-refractivity contribution in [3.8, 4) is 0 Å². The Hall–Kier alpha value is -5.30. The lowest BCUT2D eigenvalue weighted by Crippen LogP contribution is -2.74. The lowest BCUT2D eigenvalue weighted by Gasteiger charge is -2.44. The summed E-state index contributed by atoms with van der Waals surface area (Å²) in [4.78, 5) is 58.4. The lowest BCUT2D eigenvalue weighted by molar-refractivity contribution is -0.161. The van der Waals surface area contributed by atoms with E-state index in [4.69, 9.17) is 19.8 Å². The summed E-state index contributed by atoms with van der Waals surface area (Å²) in [6.45, 7) is 1.04. The normalized spacial score (nSPS) is 20.1. The van der Waals surface area contributed by atoms with Crippen molar-refractivity contribution in [1.82, 2.24) is 30.1 Å². The van der Waals surface area contributed by atoms with Crippen LogP contribution in [0.2, 0.25) is 0 Å². The highest BCUT2D eigenvalue weighted by atomic mass is 32.2. The first-order valence-electron chi connectivity index (χ1n) is 12.9. The van der Waals surface area contributed by atoms with Crippen molar-refractivity contribution in [3.63, 3.8) is 0 Å². The van der Waals surface area contributed by atoms with E-state index in [9.17, 15) is 52.7 Å². The highest BCUT2D eigenvalue weighted by molar-refractivity contribution is 7.84. The smallest absolute Gasteiger partial charge is 0.407 e. The van der Waals surface area contributed by atoms with Crippen LogP contribution >= 0.6 is 11.3 Å². The van der Waals surface area contributed by atoms with Crippen molar-refractivity contribution in [2.45, 2.75) is 44.2 Å². The SMILES string of the molecule is CC(C)(O/N=C(\C(=O)N[C@@H]1C(=O)N(S(=O)(=O)O)[C@@H]1CNC(=O)OCc1cc(C2=CC(O)C(O)=CN2O)no1)c1csc(N)n1)C(=O)O. The van der Waals surface area contributed by atoms with Crippen LogP contribution in [0.5, 0.6) is 0 Å². The van der Waals surface area contributed by atoms with Crippen LogP contribution in [0.4, 0.5) is 9.93 Å². The van der Waals surface area contributed by atoms with Crippen LogP contribution in [0.15, 0.2) is 39.2 Å². The minimum Gasteiger partial charge on any atom is -0.508 e. The van der Waals surface area contributed by atoms with Crippen LogP contribution in [0.3, 0.4) is 0 Å². The number of carbonyl (C=O) groups is 4. The van der Waals surface area contributed by atoms with E-state index in [0.717, 1.165) is 37.5 Å². The third-order valence-electron chi connectivity index (χ3n) is 6.31. The molecule has 3 amide bonds. The first-order chi connectivity index (χ1) is 21.9. The van der Waals surface area contributed by atoms with Gasteiger partial charge in [-0.1, -0.05) is 10.3 Å². The number of aliphatic carboxylic acids is 1. The Morgan fingerprint density at radius 2 is 2.00 bits per heavy atom. The second kappa shape index (κ2) is 13.2. The molecule has 4 heterocycles. The summed E-state index contributed by atoms with van der Waals surface area (Å²) in [6.07, 6.45) is -0.708. The number of oxime groups is 1. The Morgan fingerprint density at radius 1 is 1.30 bits per heavy atom. The first-order valence-corrected chi connectivity index (χ1v) is 15.1. The number of alkyl carbamates (subject to hydrolysis) is 1. The summed E-state index contributed by atoms with van der Waals surface area (Å²) < 4.78 is 43.2. The molecule has 22 nitrogen and oxygen atoms in total. The van der Waals surface area contributed by atoms with E-state index >= 15 is 0 Å². The molecular weight excluding hydrogens is 676 g/mol. The molecule has 0 aliphatic carbocycles. The monoisotopic (exact) mass is 702 g/mol. The van der Waals surface area contributed by atoms with Gasteiger partial charge in [0.05, 0.1) is 17.9 Å². The maximum Gasteiger partial charge on any atom is 0.407 e. The number of aliphatic hydroxyl groups is 2. The molecule has 254 valence electrons. The fourth-order valence-electron chi connectivity index (χ4n) is 3.83.